The first-order valence-electron chi connectivity index (χ1n) is 15.1. The van der Waals surface area contributed by atoms with Crippen LogP contribution in [0.15, 0.2) is 41.7 Å². The summed E-state index contributed by atoms with van der Waals surface area (Å²) in [6.07, 6.45) is 20.2. The average molecular weight is 509 g/mol. The van der Waals surface area contributed by atoms with Crippen molar-refractivity contribution in [3.8, 4) is 0 Å². The molecular formula is C32H54N5+. The highest BCUT2D eigenvalue weighted by atomic mass is 15.2. The van der Waals surface area contributed by atoms with Crippen LogP contribution in [-0.4, -0.2) is 30.4 Å². The fraction of sp³-hybridized carbons (Fsp3) is 0.656. The fourth-order valence-electron chi connectivity index (χ4n) is 5.30. The molecule has 0 amide bonds. The van der Waals surface area contributed by atoms with Crippen LogP contribution in [-0.2, 0) is 0 Å². The number of allylic oxidation sites excluding steroid dienone is 1. The summed E-state index contributed by atoms with van der Waals surface area (Å²) < 4.78 is 0. The van der Waals surface area contributed by atoms with Crippen LogP contribution < -0.4 is 26.3 Å². The van der Waals surface area contributed by atoms with Gasteiger partial charge in [0, 0.05) is 30.5 Å². The zero-order valence-electron chi connectivity index (χ0n) is 24.4. The van der Waals surface area contributed by atoms with Gasteiger partial charge in [0.1, 0.15) is 5.70 Å². The van der Waals surface area contributed by atoms with Gasteiger partial charge < -0.3 is 21.3 Å². The van der Waals surface area contributed by atoms with Crippen LogP contribution in [0.4, 0.5) is 17.1 Å². The molecule has 1 heterocycles. The van der Waals surface area contributed by atoms with E-state index in [4.69, 9.17) is 5.73 Å². The van der Waals surface area contributed by atoms with Crippen molar-refractivity contribution in [3.63, 3.8) is 0 Å². The molecule has 5 N–H and O–H groups in total. The molecular weight excluding hydrogens is 454 g/mol. The third-order valence-corrected chi connectivity index (χ3v) is 7.31. The second-order valence-electron chi connectivity index (χ2n) is 12.0. The molecule has 206 valence electrons. The second-order valence-corrected chi connectivity index (χ2v) is 12.0. The number of hydrogen-bond acceptors (Lipinski definition) is 4. The zero-order valence-corrected chi connectivity index (χ0v) is 24.4. The smallest absolute Gasteiger partial charge is 0.223 e. The van der Waals surface area contributed by atoms with Crippen LogP contribution in [0, 0.1) is 0 Å². The predicted molar refractivity (Wildman–Crippen MR) is 163 cm³/mol. The summed E-state index contributed by atoms with van der Waals surface area (Å²) >= 11 is 0. The largest absolute Gasteiger partial charge is 0.394 e. The predicted octanol–water partition coefficient (Wildman–Crippen LogP) is 6.48. The van der Waals surface area contributed by atoms with Crippen LogP contribution in [0.1, 0.15) is 112 Å². The van der Waals surface area contributed by atoms with E-state index in [1.165, 1.54) is 99.8 Å². The van der Waals surface area contributed by atoms with Gasteiger partial charge in [-0.05, 0) is 57.9 Å². The van der Waals surface area contributed by atoms with E-state index in [0.29, 0.717) is 0 Å². The molecule has 1 aromatic rings. The van der Waals surface area contributed by atoms with E-state index in [1.54, 1.807) is 0 Å². The van der Waals surface area contributed by atoms with Gasteiger partial charge in [-0.15, -0.1) is 0 Å². The third kappa shape index (κ3) is 9.12. The minimum absolute atomic E-state index is 0.0426. The van der Waals surface area contributed by atoms with Gasteiger partial charge in [0.2, 0.25) is 5.71 Å². The molecule has 0 fully saturated rings. The van der Waals surface area contributed by atoms with Crippen molar-refractivity contribution in [1.82, 2.24) is 0 Å². The van der Waals surface area contributed by atoms with Crippen molar-refractivity contribution in [2.45, 2.75) is 123 Å². The van der Waals surface area contributed by atoms with E-state index >= 15 is 0 Å². The van der Waals surface area contributed by atoms with Gasteiger partial charge >= 0.3 is 0 Å². The van der Waals surface area contributed by atoms with Gasteiger partial charge in [-0.1, -0.05) is 78.1 Å². The zero-order chi connectivity index (χ0) is 26.7. The summed E-state index contributed by atoms with van der Waals surface area (Å²) in [6.45, 7) is 13.1. The van der Waals surface area contributed by atoms with Crippen molar-refractivity contribution < 1.29 is 4.99 Å². The number of rotatable bonds is 15. The number of unbranched alkanes of at least 4 members (excludes halogenated alkanes) is 10. The quantitative estimate of drug-likeness (QED) is 0.205. The van der Waals surface area contributed by atoms with Crippen molar-refractivity contribution in [2.24, 2.45) is 5.73 Å². The highest BCUT2D eigenvalue weighted by molar-refractivity contribution is 6.06. The number of nitrogens with one attached hydrogen (secondary N) is 3. The maximum absolute atomic E-state index is 6.59. The maximum atomic E-state index is 6.59. The van der Waals surface area contributed by atoms with Gasteiger partial charge in [0.05, 0.1) is 17.4 Å². The summed E-state index contributed by atoms with van der Waals surface area (Å²) in [5.41, 5.74) is 13.3. The summed E-state index contributed by atoms with van der Waals surface area (Å²) in [6, 6.07) is 6.94. The molecule has 5 nitrogen and oxygen atoms in total. The first-order chi connectivity index (χ1) is 17.8. The van der Waals surface area contributed by atoms with Gasteiger partial charge in [-0.2, -0.15) is 0 Å². The normalized spacial score (nSPS) is 18.1. The molecule has 1 unspecified atom stereocenters. The Bertz CT molecular complexity index is 937. The van der Waals surface area contributed by atoms with Crippen LogP contribution in [0.25, 0.3) is 0 Å². The molecule has 1 aliphatic carbocycles. The Kier molecular flexibility index (Phi) is 11.4. The molecule has 1 aliphatic heterocycles. The summed E-state index contributed by atoms with van der Waals surface area (Å²) in [4.78, 5) is 6.15. The van der Waals surface area contributed by atoms with Gasteiger partial charge in [-0.3, -0.25) is 0 Å². The molecule has 1 aromatic carbocycles. The highest BCUT2D eigenvalue weighted by Gasteiger charge is 2.34. The SMILES string of the molecule is CCCCCCCCNc1ccc2c(c1)N(CCCCCCCC)C1C=C(N)C(=[NH+]C(C)(C)C)C=C1N2. The lowest BCUT2D eigenvalue weighted by Crippen LogP contribution is -2.85. The molecule has 2 aliphatic rings. The Hall–Kier alpha value is -2.43. The van der Waals surface area contributed by atoms with E-state index in [2.05, 4.69) is 85.5 Å². The molecule has 37 heavy (non-hydrogen) atoms. The standard InChI is InChI=1S/C32H53N5/c1-6-8-10-12-14-16-20-34-25-18-19-27-30(22-25)37(21-17-15-13-11-9-7-2)31-23-26(33)28(24-29(31)35-27)36-32(3,4)5/h18-19,22-24,31,34-35H,6-17,20-21,33H2,1-5H3/p+1. The lowest BCUT2D eigenvalue weighted by Gasteiger charge is -2.41. The number of benzene rings is 1. The Morgan fingerprint density at radius 2 is 1.57 bits per heavy atom. The Labute approximate surface area is 227 Å². The minimum atomic E-state index is -0.0426. The van der Waals surface area contributed by atoms with Crippen LogP contribution >= 0.6 is 0 Å². The first kappa shape index (κ1) is 29.1. The molecule has 0 saturated heterocycles. The third-order valence-electron chi connectivity index (χ3n) is 7.31. The van der Waals surface area contributed by atoms with E-state index in [9.17, 15) is 0 Å². The molecule has 1 atom stereocenters. The Morgan fingerprint density at radius 1 is 0.919 bits per heavy atom. The minimum Gasteiger partial charge on any atom is -0.394 e. The number of nitrogens with two attached hydrogens (primary N) is 1. The van der Waals surface area contributed by atoms with Gasteiger partial charge in [-0.25, -0.2) is 4.99 Å². The van der Waals surface area contributed by atoms with Crippen molar-refractivity contribution >= 4 is 22.8 Å². The topological polar surface area (TPSA) is 67.3 Å². The van der Waals surface area contributed by atoms with Crippen molar-refractivity contribution in [2.75, 3.05) is 28.6 Å². The van der Waals surface area contributed by atoms with E-state index in [1.807, 2.05) is 0 Å². The average Bonchev–Trinajstić information content (AvgIpc) is 2.85. The molecule has 0 saturated carbocycles. The Balaban J connectivity index is 1.75. The van der Waals surface area contributed by atoms with E-state index in [-0.39, 0.29) is 11.6 Å². The molecule has 0 spiro atoms. The highest BCUT2D eigenvalue weighted by Crippen LogP contribution is 2.39. The van der Waals surface area contributed by atoms with Crippen molar-refractivity contribution in [3.05, 3.63) is 41.7 Å². The number of anilines is 3. The molecule has 5 heteroatoms. The second kappa shape index (κ2) is 14.5. The van der Waals surface area contributed by atoms with Gasteiger partial charge in [0.15, 0.2) is 5.54 Å². The fourth-order valence-corrected chi connectivity index (χ4v) is 5.30. The summed E-state index contributed by atoms with van der Waals surface area (Å²) in [7, 11) is 0. The summed E-state index contributed by atoms with van der Waals surface area (Å²) in [5.74, 6) is 0. The molecule has 0 bridgehead atoms. The lowest BCUT2D eigenvalue weighted by molar-refractivity contribution is -0.537. The van der Waals surface area contributed by atoms with Crippen LogP contribution in [0.3, 0.4) is 0 Å². The molecule has 0 aromatic heterocycles. The number of fused-ring (bicyclic) bond motifs is 2. The number of hydrogen-bond donors (Lipinski definition) is 4. The summed E-state index contributed by atoms with van der Waals surface area (Å²) in [5, 5.41) is 7.42. The maximum Gasteiger partial charge on any atom is 0.223 e. The number of nitrogens with zero attached hydrogens (tertiary/aromatic N) is 1. The first-order valence-corrected chi connectivity index (χ1v) is 15.1. The van der Waals surface area contributed by atoms with Crippen LogP contribution in [0.5, 0.6) is 0 Å². The van der Waals surface area contributed by atoms with E-state index in [0.717, 1.165) is 24.5 Å². The monoisotopic (exact) mass is 508 g/mol. The van der Waals surface area contributed by atoms with E-state index < -0.39 is 0 Å². The molecule has 3 rings (SSSR count). The van der Waals surface area contributed by atoms with Gasteiger partial charge in [0.25, 0.3) is 0 Å². The Morgan fingerprint density at radius 3 is 2.24 bits per heavy atom. The van der Waals surface area contributed by atoms with Crippen molar-refractivity contribution in [1.29, 1.82) is 0 Å². The molecule has 0 radical (unpaired) electrons. The van der Waals surface area contributed by atoms with Crippen LogP contribution in [0.2, 0.25) is 0 Å². The lowest BCUT2D eigenvalue weighted by atomic mass is 9.95.